The van der Waals surface area contributed by atoms with Crippen molar-refractivity contribution in [3.8, 4) is 0 Å². The molecule has 1 aromatic heterocycles. The van der Waals surface area contributed by atoms with E-state index in [1.165, 1.54) is 0 Å². The molecule has 1 heterocycles. The molecule has 0 radical (unpaired) electrons. The molecule has 86 valence electrons. The molecule has 0 bridgehead atoms. The smallest absolute Gasteiger partial charge is 0.295 e. The van der Waals surface area contributed by atoms with Gasteiger partial charge in [-0.3, -0.25) is 0 Å². The first-order valence-corrected chi connectivity index (χ1v) is 5.70. The average Bonchev–Trinajstić information content (AvgIpc) is 2.71. The van der Waals surface area contributed by atoms with E-state index in [9.17, 15) is 0 Å². The van der Waals surface area contributed by atoms with Gasteiger partial charge < -0.3 is 15.1 Å². The van der Waals surface area contributed by atoms with Crippen LogP contribution >= 0.6 is 0 Å². The molecule has 4 heteroatoms. The summed E-state index contributed by atoms with van der Waals surface area (Å²) in [6.07, 6.45) is 1.16. The van der Waals surface area contributed by atoms with Crippen LogP contribution in [0.25, 0.3) is 11.1 Å². The molecule has 0 saturated heterocycles. The fourth-order valence-corrected chi connectivity index (χ4v) is 1.51. The van der Waals surface area contributed by atoms with Gasteiger partial charge in [0.15, 0.2) is 5.58 Å². The number of benzene rings is 1. The lowest BCUT2D eigenvalue weighted by atomic mass is 10.3. The third kappa shape index (κ3) is 2.73. The van der Waals surface area contributed by atoms with Crippen LogP contribution in [0.5, 0.6) is 0 Å². The van der Waals surface area contributed by atoms with Gasteiger partial charge in [-0.15, -0.1) is 0 Å². The minimum absolute atomic E-state index is 0.597. The SMILES string of the molecule is CCCNCCNc1nc2ccccc2o1. The van der Waals surface area contributed by atoms with Gasteiger partial charge in [0, 0.05) is 13.1 Å². The molecule has 2 aromatic rings. The van der Waals surface area contributed by atoms with Crippen LogP contribution in [0.4, 0.5) is 6.01 Å². The van der Waals surface area contributed by atoms with Crippen molar-refractivity contribution in [2.75, 3.05) is 25.0 Å². The second-order valence-electron chi connectivity index (χ2n) is 3.66. The van der Waals surface area contributed by atoms with Crippen molar-refractivity contribution in [3.63, 3.8) is 0 Å². The highest BCUT2D eigenvalue weighted by Gasteiger charge is 2.02. The van der Waals surface area contributed by atoms with Gasteiger partial charge in [-0.05, 0) is 25.1 Å². The molecule has 0 aliphatic rings. The predicted octanol–water partition coefficient (Wildman–Crippen LogP) is 2.24. The monoisotopic (exact) mass is 219 g/mol. The maximum atomic E-state index is 5.52. The Kier molecular flexibility index (Phi) is 3.77. The number of para-hydroxylation sites is 2. The summed E-state index contributed by atoms with van der Waals surface area (Å²) in [4.78, 5) is 4.32. The molecule has 0 unspecified atom stereocenters. The molecule has 0 amide bonds. The summed E-state index contributed by atoms with van der Waals surface area (Å²) in [5.74, 6) is 0. The van der Waals surface area contributed by atoms with Crippen LogP contribution in [0.2, 0.25) is 0 Å². The molecule has 0 aliphatic heterocycles. The number of anilines is 1. The lowest BCUT2D eigenvalue weighted by molar-refractivity contribution is 0.607. The van der Waals surface area contributed by atoms with Gasteiger partial charge in [0.1, 0.15) is 5.52 Å². The molecule has 0 atom stereocenters. The standard InChI is InChI=1S/C12H17N3O/c1-2-7-13-8-9-14-12-15-10-5-3-4-6-11(10)16-12/h3-6,13H,2,7-9H2,1H3,(H,14,15). The molecule has 0 fully saturated rings. The molecule has 2 N–H and O–H groups in total. The average molecular weight is 219 g/mol. The van der Waals surface area contributed by atoms with Crippen molar-refractivity contribution >= 4 is 17.1 Å². The van der Waals surface area contributed by atoms with Crippen LogP contribution in [0, 0.1) is 0 Å². The van der Waals surface area contributed by atoms with Gasteiger partial charge in [0.2, 0.25) is 0 Å². The molecule has 16 heavy (non-hydrogen) atoms. The summed E-state index contributed by atoms with van der Waals surface area (Å²) >= 11 is 0. The van der Waals surface area contributed by atoms with E-state index in [0.717, 1.165) is 37.2 Å². The van der Waals surface area contributed by atoms with Crippen LogP contribution in [-0.2, 0) is 0 Å². The Morgan fingerprint density at radius 1 is 1.19 bits per heavy atom. The first kappa shape index (κ1) is 11.0. The van der Waals surface area contributed by atoms with E-state index in [1.54, 1.807) is 0 Å². The van der Waals surface area contributed by atoms with Gasteiger partial charge in [-0.2, -0.15) is 4.98 Å². The Hall–Kier alpha value is -1.55. The number of nitrogens with zero attached hydrogens (tertiary/aromatic N) is 1. The Morgan fingerprint density at radius 2 is 2.06 bits per heavy atom. The molecule has 0 aliphatic carbocycles. The number of aromatic nitrogens is 1. The zero-order valence-corrected chi connectivity index (χ0v) is 9.49. The molecule has 0 spiro atoms. The topological polar surface area (TPSA) is 50.1 Å². The Balaban J connectivity index is 1.85. The summed E-state index contributed by atoms with van der Waals surface area (Å²) in [5, 5.41) is 6.46. The van der Waals surface area contributed by atoms with Crippen LogP contribution < -0.4 is 10.6 Å². The second kappa shape index (κ2) is 5.51. The number of hydrogen-bond acceptors (Lipinski definition) is 4. The van der Waals surface area contributed by atoms with Crippen molar-refractivity contribution < 1.29 is 4.42 Å². The Bertz CT molecular complexity index is 406. The van der Waals surface area contributed by atoms with E-state index in [-0.39, 0.29) is 0 Å². The number of fused-ring (bicyclic) bond motifs is 1. The van der Waals surface area contributed by atoms with Gasteiger partial charge in [0.25, 0.3) is 6.01 Å². The minimum atomic E-state index is 0.597. The summed E-state index contributed by atoms with van der Waals surface area (Å²) in [6.45, 7) is 4.95. The fraction of sp³-hybridized carbons (Fsp3) is 0.417. The Morgan fingerprint density at radius 3 is 2.88 bits per heavy atom. The van der Waals surface area contributed by atoms with E-state index in [4.69, 9.17) is 4.42 Å². The third-order valence-electron chi connectivity index (χ3n) is 2.30. The number of hydrogen-bond donors (Lipinski definition) is 2. The highest BCUT2D eigenvalue weighted by atomic mass is 16.4. The fourth-order valence-electron chi connectivity index (χ4n) is 1.51. The zero-order valence-electron chi connectivity index (χ0n) is 9.49. The third-order valence-corrected chi connectivity index (χ3v) is 2.30. The van der Waals surface area contributed by atoms with E-state index >= 15 is 0 Å². The highest BCUT2D eigenvalue weighted by Crippen LogP contribution is 2.17. The Labute approximate surface area is 95.1 Å². The maximum Gasteiger partial charge on any atom is 0.295 e. The van der Waals surface area contributed by atoms with E-state index in [1.807, 2.05) is 24.3 Å². The van der Waals surface area contributed by atoms with Crippen LogP contribution in [-0.4, -0.2) is 24.6 Å². The zero-order chi connectivity index (χ0) is 11.2. The van der Waals surface area contributed by atoms with E-state index < -0.39 is 0 Å². The quantitative estimate of drug-likeness (QED) is 0.731. The summed E-state index contributed by atoms with van der Waals surface area (Å²) in [7, 11) is 0. The van der Waals surface area contributed by atoms with Gasteiger partial charge in [-0.1, -0.05) is 19.1 Å². The molecular formula is C12H17N3O. The van der Waals surface area contributed by atoms with E-state index in [2.05, 4.69) is 22.5 Å². The van der Waals surface area contributed by atoms with Crippen LogP contribution in [0.3, 0.4) is 0 Å². The molecule has 0 saturated carbocycles. The van der Waals surface area contributed by atoms with Crippen molar-refractivity contribution in [1.29, 1.82) is 0 Å². The lowest BCUT2D eigenvalue weighted by Gasteiger charge is -2.02. The van der Waals surface area contributed by atoms with Crippen molar-refractivity contribution in [3.05, 3.63) is 24.3 Å². The predicted molar refractivity (Wildman–Crippen MR) is 65.7 cm³/mol. The first-order valence-electron chi connectivity index (χ1n) is 5.70. The maximum absolute atomic E-state index is 5.52. The van der Waals surface area contributed by atoms with Crippen molar-refractivity contribution in [2.24, 2.45) is 0 Å². The molecule has 2 rings (SSSR count). The largest absolute Gasteiger partial charge is 0.424 e. The first-order chi connectivity index (χ1) is 7.90. The van der Waals surface area contributed by atoms with Crippen LogP contribution in [0.15, 0.2) is 28.7 Å². The van der Waals surface area contributed by atoms with Crippen LogP contribution in [0.1, 0.15) is 13.3 Å². The van der Waals surface area contributed by atoms with Crippen molar-refractivity contribution in [1.82, 2.24) is 10.3 Å². The summed E-state index contributed by atoms with van der Waals surface area (Å²) < 4.78 is 5.52. The summed E-state index contributed by atoms with van der Waals surface area (Å²) in [6, 6.07) is 8.36. The summed E-state index contributed by atoms with van der Waals surface area (Å²) in [5.41, 5.74) is 1.72. The number of nitrogens with one attached hydrogen (secondary N) is 2. The van der Waals surface area contributed by atoms with Gasteiger partial charge in [0.05, 0.1) is 0 Å². The number of rotatable bonds is 6. The minimum Gasteiger partial charge on any atom is -0.424 e. The highest BCUT2D eigenvalue weighted by molar-refractivity contribution is 5.74. The van der Waals surface area contributed by atoms with Gasteiger partial charge >= 0.3 is 0 Å². The van der Waals surface area contributed by atoms with Crippen molar-refractivity contribution in [2.45, 2.75) is 13.3 Å². The van der Waals surface area contributed by atoms with E-state index in [0.29, 0.717) is 6.01 Å². The molecule has 4 nitrogen and oxygen atoms in total. The molecular weight excluding hydrogens is 202 g/mol. The second-order valence-corrected chi connectivity index (χ2v) is 3.66. The molecule has 1 aromatic carbocycles. The normalized spacial score (nSPS) is 10.8. The lowest BCUT2D eigenvalue weighted by Crippen LogP contribution is -2.22. The number of oxazole rings is 1. The van der Waals surface area contributed by atoms with Gasteiger partial charge in [-0.25, -0.2) is 0 Å².